The molecule has 0 radical (unpaired) electrons. The summed E-state index contributed by atoms with van der Waals surface area (Å²) in [5, 5.41) is 9.26. The summed E-state index contributed by atoms with van der Waals surface area (Å²) in [5.74, 6) is 0.472. The second-order valence-electron chi connectivity index (χ2n) is 5.90. The SMILES string of the molecule is Cc1ccc(C=CC(=O)N(C)CC2CC(O)C2)c(C)c1. The van der Waals surface area contributed by atoms with Crippen LogP contribution in [-0.4, -0.2) is 35.6 Å². The molecule has 0 bridgehead atoms. The molecule has 20 heavy (non-hydrogen) atoms. The smallest absolute Gasteiger partial charge is 0.246 e. The first-order valence-corrected chi connectivity index (χ1v) is 7.14. The number of aliphatic hydroxyl groups is 1. The van der Waals surface area contributed by atoms with Gasteiger partial charge in [0.2, 0.25) is 5.91 Å². The molecule has 1 fully saturated rings. The first-order chi connectivity index (χ1) is 9.45. The number of nitrogens with zero attached hydrogens (tertiary/aromatic N) is 1. The third-order valence-electron chi connectivity index (χ3n) is 3.95. The van der Waals surface area contributed by atoms with Gasteiger partial charge in [-0.3, -0.25) is 4.79 Å². The van der Waals surface area contributed by atoms with E-state index in [1.54, 1.807) is 11.0 Å². The highest BCUT2D eigenvalue weighted by Gasteiger charge is 2.28. The molecule has 0 unspecified atom stereocenters. The van der Waals surface area contributed by atoms with Crippen molar-refractivity contribution in [3.05, 3.63) is 41.0 Å². The van der Waals surface area contributed by atoms with Crippen LogP contribution in [0.5, 0.6) is 0 Å². The molecule has 1 N–H and O–H groups in total. The number of aryl methyl sites for hydroxylation is 2. The Kier molecular flexibility index (Phi) is 4.61. The van der Waals surface area contributed by atoms with Crippen LogP contribution in [0.25, 0.3) is 6.08 Å². The van der Waals surface area contributed by atoms with E-state index in [4.69, 9.17) is 0 Å². The van der Waals surface area contributed by atoms with Gasteiger partial charge in [0.05, 0.1) is 6.10 Å². The minimum atomic E-state index is -0.158. The van der Waals surface area contributed by atoms with E-state index in [1.165, 1.54) is 11.1 Å². The molecule has 1 aliphatic rings. The maximum atomic E-state index is 12.0. The third-order valence-corrected chi connectivity index (χ3v) is 3.95. The molecule has 0 atom stereocenters. The third kappa shape index (κ3) is 3.70. The zero-order valence-corrected chi connectivity index (χ0v) is 12.5. The fourth-order valence-electron chi connectivity index (χ4n) is 2.63. The molecular weight excluding hydrogens is 250 g/mol. The van der Waals surface area contributed by atoms with Gasteiger partial charge in [0.25, 0.3) is 0 Å². The van der Waals surface area contributed by atoms with Crippen LogP contribution >= 0.6 is 0 Å². The minimum Gasteiger partial charge on any atom is -0.393 e. The Hall–Kier alpha value is -1.61. The van der Waals surface area contributed by atoms with E-state index in [-0.39, 0.29) is 12.0 Å². The second-order valence-corrected chi connectivity index (χ2v) is 5.90. The highest BCUT2D eigenvalue weighted by molar-refractivity contribution is 5.91. The first kappa shape index (κ1) is 14.8. The van der Waals surface area contributed by atoms with E-state index in [0.29, 0.717) is 5.92 Å². The predicted octanol–water partition coefficient (Wildman–Crippen LogP) is 2.55. The zero-order chi connectivity index (χ0) is 14.7. The van der Waals surface area contributed by atoms with Crippen LogP contribution in [0.15, 0.2) is 24.3 Å². The summed E-state index contributed by atoms with van der Waals surface area (Å²) in [6.45, 7) is 4.84. The number of carbonyl (C=O) groups excluding carboxylic acids is 1. The molecule has 2 rings (SSSR count). The van der Waals surface area contributed by atoms with Crippen molar-refractivity contribution in [3.8, 4) is 0 Å². The molecular formula is C17H23NO2. The summed E-state index contributed by atoms with van der Waals surface area (Å²) in [5.41, 5.74) is 3.49. The molecule has 0 saturated heterocycles. The van der Waals surface area contributed by atoms with Crippen LogP contribution in [0.1, 0.15) is 29.5 Å². The topological polar surface area (TPSA) is 40.5 Å². The van der Waals surface area contributed by atoms with E-state index in [0.717, 1.165) is 24.9 Å². The lowest BCUT2D eigenvalue weighted by Crippen LogP contribution is -2.38. The maximum absolute atomic E-state index is 12.0. The van der Waals surface area contributed by atoms with Crippen molar-refractivity contribution in [3.63, 3.8) is 0 Å². The Morgan fingerprint density at radius 1 is 1.40 bits per heavy atom. The predicted molar refractivity (Wildman–Crippen MR) is 81.3 cm³/mol. The van der Waals surface area contributed by atoms with Crippen molar-refractivity contribution < 1.29 is 9.90 Å². The van der Waals surface area contributed by atoms with E-state index < -0.39 is 0 Å². The Balaban J connectivity index is 1.91. The van der Waals surface area contributed by atoms with E-state index in [2.05, 4.69) is 26.0 Å². The molecule has 3 nitrogen and oxygen atoms in total. The van der Waals surface area contributed by atoms with E-state index >= 15 is 0 Å². The number of rotatable bonds is 4. The maximum Gasteiger partial charge on any atom is 0.246 e. The highest BCUT2D eigenvalue weighted by Crippen LogP contribution is 2.27. The average Bonchev–Trinajstić information content (AvgIpc) is 2.35. The standard InChI is InChI=1S/C17H23NO2/c1-12-4-5-15(13(2)8-12)6-7-17(20)18(3)11-14-9-16(19)10-14/h4-8,14,16,19H,9-11H2,1-3H3. The second kappa shape index (κ2) is 6.23. The van der Waals surface area contributed by atoms with Gasteiger partial charge in [-0.15, -0.1) is 0 Å². The first-order valence-electron chi connectivity index (χ1n) is 7.14. The number of hydrogen-bond donors (Lipinski definition) is 1. The zero-order valence-electron chi connectivity index (χ0n) is 12.5. The van der Waals surface area contributed by atoms with Crippen LogP contribution in [0.3, 0.4) is 0 Å². The van der Waals surface area contributed by atoms with Crippen LogP contribution < -0.4 is 0 Å². The summed E-state index contributed by atoms with van der Waals surface area (Å²) >= 11 is 0. The summed E-state index contributed by atoms with van der Waals surface area (Å²) in [4.78, 5) is 13.8. The number of amides is 1. The number of aliphatic hydroxyl groups excluding tert-OH is 1. The van der Waals surface area contributed by atoms with Gasteiger partial charge in [0.1, 0.15) is 0 Å². The van der Waals surface area contributed by atoms with Crippen molar-refractivity contribution in [1.29, 1.82) is 0 Å². The van der Waals surface area contributed by atoms with Crippen molar-refractivity contribution in [2.75, 3.05) is 13.6 Å². The van der Waals surface area contributed by atoms with Gasteiger partial charge in [-0.05, 0) is 49.8 Å². The number of hydrogen-bond acceptors (Lipinski definition) is 2. The van der Waals surface area contributed by atoms with Crippen LogP contribution in [-0.2, 0) is 4.79 Å². The van der Waals surface area contributed by atoms with Crippen LogP contribution in [0.4, 0.5) is 0 Å². The summed E-state index contributed by atoms with van der Waals surface area (Å²) in [6.07, 6.45) is 4.99. The Morgan fingerprint density at radius 2 is 2.10 bits per heavy atom. The monoisotopic (exact) mass is 273 g/mol. The number of likely N-dealkylation sites (N-methyl/N-ethyl adjacent to an activating group) is 1. The van der Waals surface area contributed by atoms with Gasteiger partial charge in [0, 0.05) is 19.7 Å². The van der Waals surface area contributed by atoms with Gasteiger partial charge in [-0.2, -0.15) is 0 Å². The summed E-state index contributed by atoms with van der Waals surface area (Å²) < 4.78 is 0. The molecule has 0 heterocycles. The molecule has 3 heteroatoms. The fourth-order valence-corrected chi connectivity index (χ4v) is 2.63. The van der Waals surface area contributed by atoms with Gasteiger partial charge >= 0.3 is 0 Å². The molecule has 1 saturated carbocycles. The van der Waals surface area contributed by atoms with Crippen molar-refractivity contribution in [2.24, 2.45) is 5.92 Å². The number of benzene rings is 1. The largest absolute Gasteiger partial charge is 0.393 e. The number of carbonyl (C=O) groups is 1. The summed E-state index contributed by atoms with van der Waals surface area (Å²) in [6, 6.07) is 6.21. The normalized spacial score (nSPS) is 21.8. The van der Waals surface area contributed by atoms with Gasteiger partial charge in [-0.25, -0.2) is 0 Å². The molecule has 1 aromatic carbocycles. The summed E-state index contributed by atoms with van der Waals surface area (Å²) in [7, 11) is 1.82. The molecule has 0 aliphatic heterocycles. The Bertz CT molecular complexity index is 516. The molecule has 1 aromatic rings. The lowest BCUT2D eigenvalue weighted by molar-refractivity contribution is -0.126. The van der Waals surface area contributed by atoms with Crippen molar-refractivity contribution >= 4 is 12.0 Å². The molecule has 0 spiro atoms. The molecule has 1 amide bonds. The van der Waals surface area contributed by atoms with E-state index in [9.17, 15) is 9.90 Å². The van der Waals surface area contributed by atoms with Crippen LogP contribution in [0.2, 0.25) is 0 Å². The minimum absolute atomic E-state index is 0.0198. The highest BCUT2D eigenvalue weighted by atomic mass is 16.3. The van der Waals surface area contributed by atoms with Crippen LogP contribution in [0, 0.1) is 19.8 Å². The van der Waals surface area contributed by atoms with Crippen molar-refractivity contribution in [2.45, 2.75) is 32.8 Å². The van der Waals surface area contributed by atoms with Crippen molar-refractivity contribution in [1.82, 2.24) is 4.90 Å². The Labute approximate surface area is 120 Å². The molecule has 1 aliphatic carbocycles. The lowest BCUT2D eigenvalue weighted by atomic mass is 9.82. The molecule has 108 valence electrons. The van der Waals surface area contributed by atoms with E-state index in [1.807, 2.05) is 19.2 Å². The Morgan fingerprint density at radius 3 is 2.70 bits per heavy atom. The quantitative estimate of drug-likeness (QED) is 0.856. The van der Waals surface area contributed by atoms with Gasteiger partial charge < -0.3 is 10.0 Å². The van der Waals surface area contributed by atoms with Gasteiger partial charge in [-0.1, -0.05) is 23.8 Å². The average molecular weight is 273 g/mol. The lowest BCUT2D eigenvalue weighted by Gasteiger charge is -2.34. The fraction of sp³-hybridized carbons (Fsp3) is 0.471. The molecule has 0 aromatic heterocycles. The van der Waals surface area contributed by atoms with Gasteiger partial charge in [0.15, 0.2) is 0 Å².